The van der Waals surface area contributed by atoms with E-state index in [-0.39, 0.29) is 35.3 Å². The van der Waals surface area contributed by atoms with Crippen LogP contribution in [0.5, 0.6) is 11.5 Å². The van der Waals surface area contributed by atoms with Gasteiger partial charge in [0.2, 0.25) is 0 Å². The standard InChI is InChI=1S/C27H28F2N4O3/c1-17(2)30-12-13-32(26-24(28)22(35-3)15-23(36-4)25(26)29)19-10-11-21-20(14-19)27(34)33(16-31-21)18-8-6-5-7-9-18/h5-11,14-17,30H,12-13H2,1-4H3. The van der Waals surface area contributed by atoms with E-state index in [4.69, 9.17) is 9.47 Å². The molecule has 0 saturated carbocycles. The monoisotopic (exact) mass is 494 g/mol. The van der Waals surface area contributed by atoms with Gasteiger partial charge in [0.15, 0.2) is 23.1 Å². The normalized spacial score (nSPS) is 11.2. The van der Waals surface area contributed by atoms with Crippen LogP contribution in [0.1, 0.15) is 13.8 Å². The molecule has 0 aliphatic heterocycles. The number of aromatic nitrogens is 2. The van der Waals surface area contributed by atoms with Crippen molar-refractivity contribution in [2.24, 2.45) is 0 Å². The molecule has 0 saturated heterocycles. The fraction of sp³-hybridized carbons (Fsp3) is 0.259. The van der Waals surface area contributed by atoms with Gasteiger partial charge in [-0.15, -0.1) is 0 Å². The maximum Gasteiger partial charge on any atom is 0.265 e. The first-order chi connectivity index (χ1) is 17.3. The van der Waals surface area contributed by atoms with Crippen LogP contribution in [0.3, 0.4) is 0 Å². The Bertz CT molecular complexity index is 1400. The molecule has 1 aromatic heterocycles. The molecule has 0 fully saturated rings. The Hall–Kier alpha value is -3.98. The van der Waals surface area contributed by atoms with Crippen LogP contribution in [0.25, 0.3) is 16.6 Å². The minimum absolute atomic E-state index is 0.154. The zero-order chi connectivity index (χ0) is 25.8. The summed E-state index contributed by atoms with van der Waals surface area (Å²) in [6.07, 6.45) is 1.47. The van der Waals surface area contributed by atoms with Crippen molar-refractivity contribution in [2.45, 2.75) is 19.9 Å². The lowest BCUT2D eigenvalue weighted by Crippen LogP contribution is -2.33. The van der Waals surface area contributed by atoms with E-state index in [9.17, 15) is 4.79 Å². The van der Waals surface area contributed by atoms with E-state index >= 15 is 8.78 Å². The molecule has 0 unspecified atom stereocenters. The van der Waals surface area contributed by atoms with Gasteiger partial charge in [0.1, 0.15) is 12.0 Å². The zero-order valence-electron chi connectivity index (χ0n) is 20.6. The first-order valence-corrected chi connectivity index (χ1v) is 11.5. The van der Waals surface area contributed by atoms with Crippen molar-refractivity contribution >= 4 is 22.3 Å². The van der Waals surface area contributed by atoms with Crippen molar-refractivity contribution in [3.05, 3.63) is 82.9 Å². The van der Waals surface area contributed by atoms with Gasteiger partial charge in [0, 0.05) is 30.9 Å². The van der Waals surface area contributed by atoms with Crippen molar-refractivity contribution < 1.29 is 18.3 Å². The van der Waals surface area contributed by atoms with Gasteiger partial charge in [0.05, 0.1) is 30.8 Å². The second kappa shape index (κ2) is 10.7. The molecule has 4 rings (SSSR count). The summed E-state index contributed by atoms with van der Waals surface area (Å²) in [4.78, 5) is 19.3. The average Bonchev–Trinajstić information content (AvgIpc) is 2.88. The van der Waals surface area contributed by atoms with Gasteiger partial charge in [-0.2, -0.15) is 0 Å². The van der Waals surface area contributed by atoms with E-state index in [1.807, 2.05) is 32.0 Å². The van der Waals surface area contributed by atoms with E-state index in [1.54, 1.807) is 30.3 Å². The van der Waals surface area contributed by atoms with E-state index in [0.29, 0.717) is 28.8 Å². The summed E-state index contributed by atoms with van der Waals surface area (Å²) in [7, 11) is 2.61. The highest BCUT2D eigenvalue weighted by molar-refractivity contribution is 5.84. The molecular formula is C27H28F2N4O3. The summed E-state index contributed by atoms with van der Waals surface area (Å²) in [5, 5.41) is 3.58. The number of nitrogens with zero attached hydrogens (tertiary/aromatic N) is 3. The minimum atomic E-state index is -0.867. The quantitative estimate of drug-likeness (QED) is 0.360. The number of halogens is 2. The second-order valence-electron chi connectivity index (χ2n) is 8.47. The summed E-state index contributed by atoms with van der Waals surface area (Å²) in [5.41, 5.74) is 0.932. The molecule has 3 aromatic carbocycles. The Kier molecular flexibility index (Phi) is 7.49. The van der Waals surface area contributed by atoms with Crippen LogP contribution >= 0.6 is 0 Å². The van der Waals surface area contributed by atoms with Gasteiger partial charge in [-0.1, -0.05) is 32.0 Å². The Labute approximate surface area is 207 Å². The third kappa shape index (κ3) is 4.87. The Morgan fingerprint density at radius 1 is 1.00 bits per heavy atom. The van der Waals surface area contributed by atoms with Crippen LogP contribution in [0.2, 0.25) is 0 Å². The molecule has 0 spiro atoms. The number of anilines is 2. The molecule has 0 bridgehead atoms. The lowest BCUT2D eigenvalue weighted by atomic mass is 10.1. The number of para-hydroxylation sites is 1. The number of benzene rings is 3. The largest absolute Gasteiger partial charge is 0.493 e. The molecule has 188 valence electrons. The van der Waals surface area contributed by atoms with E-state index in [0.717, 1.165) is 0 Å². The minimum Gasteiger partial charge on any atom is -0.493 e. The molecule has 0 aliphatic rings. The summed E-state index contributed by atoms with van der Waals surface area (Å²) in [6, 6.07) is 15.4. The molecular weight excluding hydrogens is 466 g/mol. The number of rotatable bonds is 9. The molecule has 0 radical (unpaired) electrons. The number of hydrogen-bond acceptors (Lipinski definition) is 6. The molecule has 1 N–H and O–H groups in total. The molecule has 4 aromatic rings. The number of nitrogens with one attached hydrogen (secondary N) is 1. The summed E-state index contributed by atoms with van der Waals surface area (Å²) in [5.74, 6) is -2.04. The van der Waals surface area contributed by atoms with Gasteiger partial charge < -0.3 is 19.7 Å². The summed E-state index contributed by atoms with van der Waals surface area (Å²) < 4.78 is 42.7. The van der Waals surface area contributed by atoms with Crippen molar-refractivity contribution in [2.75, 3.05) is 32.2 Å². The van der Waals surface area contributed by atoms with E-state index in [1.165, 1.54) is 36.1 Å². The van der Waals surface area contributed by atoms with Crippen LogP contribution in [0, 0.1) is 11.6 Å². The fourth-order valence-electron chi connectivity index (χ4n) is 4.00. The number of methoxy groups -OCH3 is 2. The predicted octanol–water partition coefficient (Wildman–Crippen LogP) is 4.82. The van der Waals surface area contributed by atoms with E-state index in [2.05, 4.69) is 10.3 Å². The number of hydrogen-bond donors (Lipinski definition) is 1. The maximum absolute atomic E-state index is 15.5. The second-order valence-corrected chi connectivity index (χ2v) is 8.47. The van der Waals surface area contributed by atoms with Crippen molar-refractivity contribution in [3.63, 3.8) is 0 Å². The van der Waals surface area contributed by atoms with Gasteiger partial charge in [-0.3, -0.25) is 9.36 Å². The molecule has 1 heterocycles. The highest BCUT2D eigenvalue weighted by Crippen LogP contribution is 2.40. The van der Waals surface area contributed by atoms with Crippen molar-refractivity contribution in [3.8, 4) is 17.2 Å². The van der Waals surface area contributed by atoms with Gasteiger partial charge in [-0.25, -0.2) is 13.8 Å². The lowest BCUT2D eigenvalue weighted by molar-refractivity contribution is 0.359. The Morgan fingerprint density at radius 3 is 2.28 bits per heavy atom. The van der Waals surface area contributed by atoms with Gasteiger partial charge in [-0.05, 0) is 30.3 Å². The smallest absolute Gasteiger partial charge is 0.265 e. The van der Waals surface area contributed by atoms with Crippen LogP contribution in [0.15, 0.2) is 65.7 Å². The van der Waals surface area contributed by atoms with Crippen molar-refractivity contribution in [1.29, 1.82) is 0 Å². The third-order valence-electron chi connectivity index (χ3n) is 5.80. The fourth-order valence-corrected chi connectivity index (χ4v) is 4.00. The molecule has 9 heteroatoms. The third-order valence-corrected chi connectivity index (χ3v) is 5.80. The van der Waals surface area contributed by atoms with Crippen LogP contribution in [0.4, 0.5) is 20.2 Å². The maximum atomic E-state index is 15.5. The molecule has 7 nitrogen and oxygen atoms in total. The summed E-state index contributed by atoms with van der Waals surface area (Å²) >= 11 is 0. The number of fused-ring (bicyclic) bond motifs is 1. The van der Waals surface area contributed by atoms with Crippen LogP contribution in [-0.4, -0.2) is 42.9 Å². The lowest BCUT2D eigenvalue weighted by Gasteiger charge is -2.28. The number of ether oxygens (including phenoxy) is 2. The zero-order valence-corrected chi connectivity index (χ0v) is 20.6. The average molecular weight is 495 g/mol. The topological polar surface area (TPSA) is 68.6 Å². The Balaban J connectivity index is 1.90. The predicted molar refractivity (Wildman–Crippen MR) is 137 cm³/mol. The van der Waals surface area contributed by atoms with Crippen LogP contribution in [-0.2, 0) is 0 Å². The Morgan fingerprint density at radius 2 is 1.67 bits per heavy atom. The van der Waals surface area contributed by atoms with E-state index < -0.39 is 11.6 Å². The molecule has 0 aliphatic carbocycles. The highest BCUT2D eigenvalue weighted by Gasteiger charge is 2.26. The van der Waals surface area contributed by atoms with Gasteiger partial charge >= 0.3 is 0 Å². The first kappa shape index (κ1) is 25.1. The summed E-state index contributed by atoms with van der Waals surface area (Å²) in [6.45, 7) is 4.60. The molecule has 0 amide bonds. The SMILES string of the molecule is COc1cc(OC)c(F)c(N(CCNC(C)C)c2ccc3ncn(-c4ccccc4)c(=O)c3c2)c1F. The van der Waals surface area contributed by atoms with Crippen LogP contribution < -0.4 is 25.2 Å². The molecule has 36 heavy (non-hydrogen) atoms. The molecule has 0 atom stereocenters. The highest BCUT2D eigenvalue weighted by atomic mass is 19.1. The van der Waals surface area contributed by atoms with Crippen molar-refractivity contribution in [1.82, 2.24) is 14.9 Å². The van der Waals surface area contributed by atoms with Gasteiger partial charge in [0.25, 0.3) is 5.56 Å². The first-order valence-electron chi connectivity index (χ1n) is 11.5.